The fourth-order valence-electron chi connectivity index (χ4n) is 5.57. The van der Waals surface area contributed by atoms with E-state index >= 15 is 0 Å². The minimum absolute atomic E-state index is 0.0268. The van der Waals surface area contributed by atoms with Crippen molar-refractivity contribution < 1.29 is 41.7 Å². The molecule has 12 nitrogen and oxygen atoms in total. The molecule has 13 heteroatoms. The highest BCUT2D eigenvalue weighted by molar-refractivity contribution is 7.92. The summed E-state index contributed by atoms with van der Waals surface area (Å²) in [5.41, 5.74) is 1.55. The molecule has 0 heterocycles. The zero-order valence-electron chi connectivity index (χ0n) is 30.6. The van der Waals surface area contributed by atoms with E-state index in [9.17, 15) is 18.0 Å². The van der Waals surface area contributed by atoms with Crippen molar-refractivity contribution in [2.75, 3.05) is 46.4 Å². The molecule has 0 aromatic heterocycles. The zero-order valence-corrected chi connectivity index (χ0v) is 31.4. The number of hydrogen-bond acceptors (Lipinski definition) is 9. The molecule has 4 aromatic rings. The summed E-state index contributed by atoms with van der Waals surface area (Å²) in [4.78, 5) is 30.3. The van der Waals surface area contributed by atoms with Crippen molar-refractivity contribution >= 4 is 27.5 Å². The lowest BCUT2D eigenvalue weighted by atomic mass is 10.0. The second-order valence-corrected chi connectivity index (χ2v) is 13.8. The van der Waals surface area contributed by atoms with Crippen LogP contribution in [0.3, 0.4) is 0 Å². The van der Waals surface area contributed by atoms with Crippen LogP contribution in [0.4, 0.5) is 5.69 Å². The second kappa shape index (κ2) is 18.2. The summed E-state index contributed by atoms with van der Waals surface area (Å²) >= 11 is 0. The number of nitrogens with one attached hydrogen (secondary N) is 1. The molecule has 0 spiro atoms. The minimum Gasteiger partial charge on any atom is -0.497 e. The summed E-state index contributed by atoms with van der Waals surface area (Å²) < 4.78 is 57.7. The maximum atomic E-state index is 14.9. The number of carbonyl (C=O) groups is 2. The van der Waals surface area contributed by atoms with Crippen molar-refractivity contribution in [1.82, 2.24) is 10.2 Å². The van der Waals surface area contributed by atoms with Crippen LogP contribution in [0.25, 0.3) is 0 Å². The molecule has 4 rings (SSSR count). The number of methoxy groups -OCH3 is 5. The Morgan fingerprint density at radius 3 is 1.98 bits per heavy atom. The Kier molecular flexibility index (Phi) is 13.8. The predicted molar refractivity (Wildman–Crippen MR) is 199 cm³/mol. The van der Waals surface area contributed by atoms with Crippen LogP contribution in [-0.2, 0) is 32.6 Å². The molecular weight excluding hydrogens is 687 g/mol. The Morgan fingerprint density at radius 1 is 0.712 bits per heavy atom. The monoisotopic (exact) mass is 733 g/mol. The summed E-state index contributed by atoms with van der Waals surface area (Å²) in [5, 5.41) is 3.04. The SMILES string of the molecule is CC[C@@H](C)NC(=O)[C@H](Cc1ccccc1)N(Cc1cccc(OC)c1)C(=O)CN(c1cc(OC)ccc1OC)S(=O)(=O)c1ccc(OC)c(OC)c1. The second-order valence-electron chi connectivity index (χ2n) is 12.0. The van der Waals surface area contributed by atoms with Crippen molar-refractivity contribution in [2.24, 2.45) is 0 Å². The number of ether oxygens (including phenoxy) is 5. The van der Waals surface area contributed by atoms with E-state index in [1.54, 1.807) is 30.3 Å². The van der Waals surface area contributed by atoms with Crippen molar-refractivity contribution in [2.45, 2.75) is 50.2 Å². The third-order valence-corrected chi connectivity index (χ3v) is 10.4. The lowest BCUT2D eigenvalue weighted by Gasteiger charge is -2.34. The van der Waals surface area contributed by atoms with Gasteiger partial charge >= 0.3 is 0 Å². The molecule has 0 unspecified atom stereocenters. The minimum atomic E-state index is -4.51. The standard InChI is InChI=1S/C39H47N3O9S/c1-8-27(2)40-39(44)34(22-28-13-10-9-11-14-28)41(25-29-15-12-16-30(21-29)47-3)38(43)26-42(33-23-31(48-4)17-19-35(33)49-5)52(45,46)32-18-20-36(50-6)37(24-32)51-7/h9-21,23-24,27,34H,8,22,25-26H2,1-7H3,(H,40,44)/t27-,34+/m1/s1. The topological polar surface area (TPSA) is 133 Å². The molecule has 278 valence electrons. The predicted octanol–water partition coefficient (Wildman–Crippen LogP) is 5.48. The molecular formula is C39H47N3O9S. The van der Waals surface area contributed by atoms with Crippen LogP contribution < -0.4 is 33.3 Å². The molecule has 0 aliphatic carbocycles. The largest absolute Gasteiger partial charge is 0.497 e. The van der Waals surface area contributed by atoms with Crippen LogP contribution in [0.15, 0.2) is 95.9 Å². The number of carbonyl (C=O) groups excluding carboxylic acids is 2. The van der Waals surface area contributed by atoms with Gasteiger partial charge in [-0.3, -0.25) is 13.9 Å². The van der Waals surface area contributed by atoms with Gasteiger partial charge in [-0.1, -0.05) is 49.4 Å². The first kappa shape index (κ1) is 39.4. The van der Waals surface area contributed by atoms with Crippen LogP contribution in [-0.4, -0.2) is 79.3 Å². The Labute approximate surface area is 306 Å². The van der Waals surface area contributed by atoms with Crippen LogP contribution in [0, 0.1) is 0 Å². The number of anilines is 1. The average molecular weight is 734 g/mol. The van der Waals surface area contributed by atoms with Gasteiger partial charge in [-0.05, 0) is 60.9 Å². The van der Waals surface area contributed by atoms with Gasteiger partial charge in [0.25, 0.3) is 10.0 Å². The Morgan fingerprint density at radius 2 is 1.35 bits per heavy atom. The molecule has 0 aliphatic heterocycles. The smallest absolute Gasteiger partial charge is 0.265 e. The molecule has 0 aliphatic rings. The number of benzene rings is 4. The van der Waals surface area contributed by atoms with E-state index in [1.165, 1.54) is 64.7 Å². The van der Waals surface area contributed by atoms with Crippen LogP contribution >= 0.6 is 0 Å². The molecule has 52 heavy (non-hydrogen) atoms. The van der Waals surface area contributed by atoms with Gasteiger partial charge < -0.3 is 33.9 Å². The van der Waals surface area contributed by atoms with Gasteiger partial charge in [0, 0.05) is 31.1 Å². The third-order valence-electron chi connectivity index (χ3n) is 8.64. The van der Waals surface area contributed by atoms with Gasteiger partial charge in [0.1, 0.15) is 29.8 Å². The lowest BCUT2D eigenvalue weighted by molar-refractivity contribution is -0.140. The molecule has 1 N–H and O–H groups in total. The molecule has 4 aromatic carbocycles. The highest BCUT2D eigenvalue weighted by Crippen LogP contribution is 2.38. The lowest BCUT2D eigenvalue weighted by Crippen LogP contribution is -2.54. The summed E-state index contributed by atoms with van der Waals surface area (Å²) in [6.07, 6.45) is 0.838. The highest BCUT2D eigenvalue weighted by atomic mass is 32.2. The van der Waals surface area contributed by atoms with Gasteiger partial charge in [-0.15, -0.1) is 0 Å². The average Bonchev–Trinajstić information content (AvgIpc) is 3.17. The molecule has 2 atom stereocenters. The van der Waals surface area contributed by atoms with E-state index in [1.807, 2.05) is 50.2 Å². The highest BCUT2D eigenvalue weighted by Gasteiger charge is 2.36. The van der Waals surface area contributed by atoms with Crippen molar-refractivity contribution in [1.29, 1.82) is 0 Å². The Bertz CT molecular complexity index is 1920. The molecule has 0 bridgehead atoms. The maximum absolute atomic E-state index is 14.9. The van der Waals surface area contributed by atoms with E-state index in [2.05, 4.69) is 5.32 Å². The summed E-state index contributed by atoms with van der Waals surface area (Å²) in [6, 6.07) is 24.1. The van der Waals surface area contributed by atoms with E-state index < -0.39 is 28.5 Å². The van der Waals surface area contributed by atoms with Gasteiger partial charge in [0.2, 0.25) is 11.8 Å². The van der Waals surface area contributed by atoms with E-state index in [0.29, 0.717) is 29.2 Å². The summed E-state index contributed by atoms with van der Waals surface area (Å²) in [7, 11) is 2.71. The summed E-state index contributed by atoms with van der Waals surface area (Å²) in [5.74, 6) is 0.554. The van der Waals surface area contributed by atoms with Gasteiger partial charge in [0.05, 0.1) is 46.1 Å². The first-order valence-electron chi connectivity index (χ1n) is 16.7. The fraction of sp³-hybridized carbons (Fsp3) is 0.333. The maximum Gasteiger partial charge on any atom is 0.265 e. The van der Waals surface area contributed by atoms with Crippen LogP contribution in [0.2, 0.25) is 0 Å². The third kappa shape index (κ3) is 9.46. The molecule has 2 amide bonds. The van der Waals surface area contributed by atoms with E-state index in [4.69, 9.17) is 23.7 Å². The summed E-state index contributed by atoms with van der Waals surface area (Å²) in [6.45, 7) is 3.11. The molecule has 0 saturated carbocycles. The number of rotatable bonds is 18. The number of sulfonamides is 1. The van der Waals surface area contributed by atoms with Crippen molar-refractivity contribution in [3.63, 3.8) is 0 Å². The number of amides is 2. The quantitative estimate of drug-likeness (QED) is 0.141. The Hall–Kier alpha value is -5.43. The van der Waals surface area contributed by atoms with Gasteiger partial charge in [0.15, 0.2) is 11.5 Å². The number of nitrogens with zero attached hydrogens (tertiary/aromatic N) is 2. The van der Waals surface area contributed by atoms with Gasteiger partial charge in [-0.25, -0.2) is 8.42 Å². The molecule has 0 fully saturated rings. The molecule has 0 saturated heterocycles. The van der Waals surface area contributed by atoms with Crippen molar-refractivity contribution in [3.8, 4) is 28.7 Å². The van der Waals surface area contributed by atoms with E-state index in [0.717, 1.165) is 9.87 Å². The van der Waals surface area contributed by atoms with E-state index in [-0.39, 0.29) is 47.0 Å². The normalized spacial score (nSPS) is 12.2. The van der Waals surface area contributed by atoms with Gasteiger partial charge in [-0.2, -0.15) is 0 Å². The molecule has 0 radical (unpaired) electrons. The van der Waals surface area contributed by atoms with Crippen molar-refractivity contribution in [3.05, 3.63) is 102 Å². The first-order chi connectivity index (χ1) is 25.0. The van der Waals surface area contributed by atoms with Crippen LogP contribution in [0.5, 0.6) is 28.7 Å². The Balaban J connectivity index is 1.91. The first-order valence-corrected chi connectivity index (χ1v) is 18.2. The van der Waals surface area contributed by atoms with Crippen LogP contribution in [0.1, 0.15) is 31.4 Å². The zero-order chi connectivity index (χ0) is 37.8. The fourth-order valence-corrected chi connectivity index (χ4v) is 7.00. The number of hydrogen-bond donors (Lipinski definition) is 1.